The maximum Gasteiger partial charge on any atom is 0.227 e. The van der Waals surface area contributed by atoms with Gasteiger partial charge in [-0.25, -0.2) is 4.98 Å². The molecule has 0 saturated carbocycles. The molecule has 140 valence electrons. The Morgan fingerprint density at radius 2 is 1.82 bits per heavy atom. The molecule has 0 unspecified atom stereocenters. The molecule has 6 nitrogen and oxygen atoms in total. The summed E-state index contributed by atoms with van der Waals surface area (Å²) in [6.07, 6.45) is 3.61. The summed E-state index contributed by atoms with van der Waals surface area (Å²) in [6, 6.07) is 17.2. The molecule has 0 atom stereocenters. The number of hydrogen-bond acceptors (Lipinski definition) is 4. The summed E-state index contributed by atoms with van der Waals surface area (Å²) >= 11 is 0. The summed E-state index contributed by atoms with van der Waals surface area (Å²) in [4.78, 5) is 28.3. The number of carbonyl (C=O) groups excluding carboxylic acids is 2. The van der Waals surface area contributed by atoms with Crippen LogP contribution >= 0.6 is 0 Å². The third-order valence-electron chi connectivity index (χ3n) is 4.50. The highest BCUT2D eigenvalue weighted by Crippen LogP contribution is 2.30. The molecule has 2 heterocycles. The molecule has 0 aliphatic carbocycles. The topological polar surface area (TPSA) is 84.2 Å². The normalized spacial score (nSPS) is 10.9. The van der Waals surface area contributed by atoms with Gasteiger partial charge in [0.2, 0.25) is 11.8 Å². The van der Waals surface area contributed by atoms with Crippen molar-refractivity contribution in [1.29, 1.82) is 0 Å². The minimum atomic E-state index is -0.196. The first-order valence-corrected chi connectivity index (χ1v) is 9.06. The van der Waals surface area contributed by atoms with Gasteiger partial charge in [-0.05, 0) is 29.0 Å². The summed E-state index contributed by atoms with van der Waals surface area (Å²) in [5.41, 5.74) is 1.60. The second kappa shape index (κ2) is 7.92. The molecule has 0 radical (unpaired) electrons. The molecule has 0 bridgehead atoms. The Hall–Kier alpha value is -3.67. The number of furan rings is 1. The largest absolute Gasteiger partial charge is 0.464 e. The van der Waals surface area contributed by atoms with Crippen LogP contribution in [0, 0.1) is 0 Å². The lowest BCUT2D eigenvalue weighted by Gasteiger charge is -2.06. The lowest BCUT2D eigenvalue weighted by Crippen LogP contribution is -2.28. The SMILES string of the molecule is O=C(Cc1coc2ccc3ccccc3c12)NCCC(=O)Nc1ccccn1. The van der Waals surface area contributed by atoms with E-state index in [1.807, 2.05) is 36.4 Å². The van der Waals surface area contributed by atoms with E-state index in [-0.39, 0.29) is 31.2 Å². The fourth-order valence-electron chi connectivity index (χ4n) is 3.20. The van der Waals surface area contributed by atoms with Crippen molar-refractivity contribution in [2.24, 2.45) is 0 Å². The van der Waals surface area contributed by atoms with Crippen LogP contribution in [-0.4, -0.2) is 23.3 Å². The first-order chi connectivity index (χ1) is 13.7. The van der Waals surface area contributed by atoms with E-state index in [4.69, 9.17) is 4.42 Å². The molecule has 0 fully saturated rings. The quantitative estimate of drug-likeness (QED) is 0.540. The van der Waals surface area contributed by atoms with Crippen molar-refractivity contribution in [2.45, 2.75) is 12.8 Å². The number of benzene rings is 2. The van der Waals surface area contributed by atoms with E-state index in [1.54, 1.807) is 30.7 Å². The van der Waals surface area contributed by atoms with Crippen molar-refractivity contribution in [3.8, 4) is 0 Å². The third kappa shape index (κ3) is 3.86. The van der Waals surface area contributed by atoms with E-state index in [1.165, 1.54) is 0 Å². The molecular weight excluding hydrogens is 354 g/mol. The van der Waals surface area contributed by atoms with Crippen LogP contribution in [-0.2, 0) is 16.0 Å². The second-order valence-electron chi connectivity index (χ2n) is 6.46. The molecule has 0 saturated heterocycles. The predicted octanol–water partition coefficient (Wildman–Crippen LogP) is 3.67. The first-order valence-electron chi connectivity index (χ1n) is 9.06. The number of pyridine rings is 1. The number of amides is 2. The van der Waals surface area contributed by atoms with Gasteiger partial charge in [-0.15, -0.1) is 0 Å². The molecule has 2 aromatic carbocycles. The van der Waals surface area contributed by atoms with Crippen molar-refractivity contribution < 1.29 is 14.0 Å². The fourth-order valence-corrected chi connectivity index (χ4v) is 3.20. The van der Waals surface area contributed by atoms with Crippen LogP contribution < -0.4 is 10.6 Å². The van der Waals surface area contributed by atoms with Crippen LogP contribution in [0.1, 0.15) is 12.0 Å². The number of aromatic nitrogens is 1. The van der Waals surface area contributed by atoms with Gasteiger partial charge < -0.3 is 15.1 Å². The Morgan fingerprint density at radius 3 is 2.68 bits per heavy atom. The summed E-state index contributed by atoms with van der Waals surface area (Å²) < 4.78 is 5.62. The Morgan fingerprint density at radius 1 is 0.964 bits per heavy atom. The second-order valence-corrected chi connectivity index (χ2v) is 6.46. The van der Waals surface area contributed by atoms with Crippen LogP contribution in [0.5, 0.6) is 0 Å². The maximum absolute atomic E-state index is 12.3. The highest BCUT2D eigenvalue weighted by Gasteiger charge is 2.13. The summed E-state index contributed by atoms with van der Waals surface area (Å²) in [5, 5.41) is 8.60. The van der Waals surface area contributed by atoms with Gasteiger partial charge in [-0.1, -0.05) is 36.4 Å². The molecule has 28 heavy (non-hydrogen) atoms. The first kappa shape index (κ1) is 17.7. The van der Waals surface area contributed by atoms with Crippen molar-refractivity contribution >= 4 is 39.4 Å². The van der Waals surface area contributed by atoms with Gasteiger partial charge in [0, 0.05) is 30.1 Å². The van der Waals surface area contributed by atoms with Gasteiger partial charge in [0.15, 0.2) is 0 Å². The summed E-state index contributed by atoms with van der Waals surface area (Å²) in [5.74, 6) is 0.149. The van der Waals surface area contributed by atoms with Gasteiger partial charge in [0.1, 0.15) is 11.4 Å². The van der Waals surface area contributed by atoms with E-state index in [0.29, 0.717) is 5.82 Å². The minimum absolute atomic E-state index is 0.152. The highest BCUT2D eigenvalue weighted by molar-refractivity contribution is 6.08. The van der Waals surface area contributed by atoms with E-state index in [2.05, 4.69) is 15.6 Å². The number of nitrogens with zero attached hydrogens (tertiary/aromatic N) is 1. The Kier molecular flexibility index (Phi) is 5.01. The minimum Gasteiger partial charge on any atom is -0.464 e. The molecule has 0 aliphatic heterocycles. The molecule has 0 aliphatic rings. The maximum atomic E-state index is 12.3. The molecule has 6 heteroatoms. The zero-order chi connectivity index (χ0) is 19.3. The fraction of sp³-hybridized carbons (Fsp3) is 0.136. The zero-order valence-electron chi connectivity index (χ0n) is 15.1. The number of nitrogens with one attached hydrogen (secondary N) is 2. The number of rotatable bonds is 6. The monoisotopic (exact) mass is 373 g/mol. The molecule has 2 amide bonds. The number of anilines is 1. The van der Waals surface area contributed by atoms with Gasteiger partial charge in [-0.3, -0.25) is 9.59 Å². The smallest absolute Gasteiger partial charge is 0.227 e. The van der Waals surface area contributed by atoms with Crippen LogP contribution in [0.25, 0.3) is 21.7 Å². The van der Waals surface area contributed by atoms with Crippen molar-refractivity contribution in [3.63, 3.8) is 0 Å². The van der Waals surface area contributed by atoms with Gasteiger partial charge in [0.05, 0.1) is 12.7 Å². The lowest BCUT2D eigenvalue weighted by molar-refractivity contribution is -0.120. The van der Waals surface area contributed by atoms with Crippen LogP contribution in [0.4, 0.5) is 5.82 Å². The van der Waals surface area contributed by atoms with Crippen LogP contribution in [0.3, 0.4) is 0 Å². The van der Waals surface area contributed by atoms with E-state index in [0.717, 1.165) is 27.3 Å². The Labute approximate surface area is 161 Å². The van der Waals surface area contributed by atoms with Gasteiger partial charge >= 0.3 is 0 Å². The van der Waals surface area contributed by atoms with Gasteiger partial charge in [-0.2, -0.15) is 0 Å². The number of fused-ring (bicyclic) bond motifs is 3. The highest BCUT2D eigenvalue weighted by atomic mass is 16.3. The lowest BCUT2D eigenvalue weighted by atomic mass is 10.0. The van der Waals surface area contributed by atoms with Crippen molar-refractivity contribution in [2.75, 3.05) is 11.9 Å². The molecule has 0 spiro atoms. The molecular formula is C22H19N3O3. The molecule has 4 aromatic rings. The van der Waals surface area contributed by atoms with E-state index >= 15 is 0 Å². The summed E-state index contributed by atoms with van der Waals surface area (Å²) in [7, 11) is 0. The Bertz CT molecular complexity index is 1140. The third-order valence-corrected chi connectivity index (χ3v) is 4.50. The van der Waals surface area contributed by atoms with Crippen molar-refractivity contribution in [3.05, 3.63) is 72.6 Å². The average Bonchev–Trinajstić information content (AvgIpc) is 3.12. The summed E-state index contributed by atoms with van der Waals surface area (Å²) in [6.45, 7) is 0.258. The van der Waals surface area contributed by atoms with E-state index in [9.17, 15) is 9.59 Å². The number of hydrogen-bond donors (Lipinski definition) is 2. The van der Waals surface area contributed by atoms with Crippen molar-refractivity contribution in [1.82, 2.24) is 10.3 Å². The average molecular weight is 373 g/mol. The molecule has 2 N–H and O–H groups in total. The molecule has 4 rings (SSSR count). The van der Waals surface area contributed by atoms with Gasteiger partial charge in [0.25, 0.3) is 0 Å². The van der Waals surface area contributed by atoms with Crippen LogP contribution in [0.15, 0.2) is 71.5 Å². The van der Waals surface area contributed by atoms with E-state index < -0.39 is 0 Å². The number of carbonyl (C=O) groups is 2. The molecule has 2 aromatic heterocycles. The van der Waals surface area contributed by atoms with Crippen LogP contribution in [0.2, 0.25) is 0 Å². The zero-order valence-corrected chi connectivity index (χ0v) is 15.1. The standard InChI is InChI=1S/C22H19N3O3/c26-20(25-19-7-3-4-11-23-19)10-12-24-21(27)13-16-14-28-18-9-8-15-5-1-2-6-17(15)22(16)18/h1-9,11,14H,10,12-13H2,(H,24,27)(H,23,25,26). The Balaban J connectivity index is 1.36. The predicted molar refractivity (Wildman–Crippen MR) is 108 cm³/mol.